The summed E-state index contributed by atoms with van der Waals surface area (Å²) in [7, 11) is 0. The van der Waals surface area contributed by atoms with Gasteiger partial charge < -0.3 is 9.26 Å². The van der Waals surface area contributed by atoms with Gasteiger partial charge in [-0.2, -0.15) is 18.2 Å². The lowest BCUT2D eigenvalue weighted by Crippen LogP contribution is -2.39. The van der Waals surface area contributed by atoms with Crippen LogP contribution in [0.2, 0.25) is 0 Å². The Balaban J connectivity index is 1.84. The molecule has 1 aliphatic rings. The van der Waals surface area contributed by atoms with E-state index in [9.17, 15) is 13.2 Å². The molecule has 130 valence electrons. The Morgan fingerprint density at radius 2 is 2.12 bits per heavy atom. The first kappa shape index (κ1) is 17.4. The third-order valence-electron chi connectivity index (χ3n) is 3.74. The van der Waals surface area contributed by atoms with Crippen molar-refractivity contribution in [2.75, 3.05) is 19.8 Å². The van der Waals surface area contributed by atoms with E-state index in [1.807, 2.05) is 4.90 Å². The largest absolute Gasteiger partial charge is 0.416 e. The van der Waals surface area contributed by atoms with Crippen molar-refractivity contribution in [1.82, 2.24) is 15.0 Å². The van der Waals surface area contributed by atoms with Gasteiger partial charge in [-0.15, -0.1) is 0 Å². The lowest BCUT2D eigenvalue weighted by atomic mass is 10.1. The molecule has 0 radical (unpaired) electrons. The van der Waals surface area contributed by atoms with Crippen LogP contribution in [0.3, 0.4) is 0 Å². The number of aryl methyl sites for hydroxylation is 1. The summed E-state index contributed by atoms with van der Waals surface area (Å²) in [6.07, 6.45) is -4.38. The molecule has 9 heteroatoms. The maximum Gasteiger partial charge on any atom is 0.416 e. The Bertz CT molecular complexity index is 720. The number of hydrogen-bond acceptors (Lipinski definition) is 5. The molecule has 3 rings (SSSR count). The number of nitrogens with zero attached hydrogens (tertiary/aromatic N) is 3. The van der Waals surface area contributed by atoms with E-state index in [-0.39, 0.29) is 6.04 Å². The van der Waals surface area contributed by atoms with Crippen molar-refractivity contribution >= 4 is 15.9 Å². The van der Waals surface area contributed by atoms with E-state index >= 15 is 0 Å². The van der Waals surface area contributed by atoms with Crippen molar-refractivity contribution in [2.45, 2.75) is 25.7 Å². The number of benzene rings is 1. The molecule has 0 spiro atoms. The van der Waals surface area contributed by atoms with Crippen LogP contribution >= 0.6 is 15.9 Å². The topological polar surface area (TPSA) is 51.4 Å². The van der Waals surface area contributed by atoms with Crippen LogP contribution in [0.4, 0.5) is 13.2 Å². The number of halogens is 4. The fourth-order valence-electron chi connectivity index (χ4n) is 2.64. The molecule has 5 nitrogen and oxygen atoms in total. The number of alkyl halides is 3. The SMILES string of the molecule is Cc1noc([C@@H]2COCCN2Cc2cc(Br)cc(C(F)(F)F)c2)n1. The fraction of sp³-hybridized carbons (Fsp3) is 0.467. The van der Waals surface area contributed by atoms with Gasteiger partial charge in [0.15, 0.2) is 5.82 Å². The van der Waals surface area contributed by atoms with Crippen molar-refractivity contribution in [3.05, 3.63) is 45.5 Å². The van der Waals surface area contributed by atoms with E-state index in [4.69, 9.17) is 9.26 Å². The minimum Gasteiger partial charge on any atom is -0.378 e. The lowest BCUT2D eigenvalue weighted by Gasteiger charge is -2.33. The van der Waals surface area contributed by atoms with Gasteiger partial charge in [0.05, 0.1) is 18.8 Å². The fourth-order valence-corrected chi connectivity index (χ4v) is 3.18. The molecular weight excluding hydrogens is 391 g/mol. The average molecular weight is 406 g/mol. The summed E-state index contributed by atoms with van der Waals surface area (Å²) < 4.78 is 50.0. The van der Waals surface area contributed by atoms with Gasteiger partial charge in [-0.25, -0.2) is 0 Å². The molecule has 1 aromatic carbocycles. The second-order valence-electron chi connectivity index (χ2n) is 5.59. The zero-order valence-corrected chi connectivity index (χ0v) is 14.4. The van der Waals surface area contributed by atoms with Crippen LogP contribution in [0.25, 0.3) is 0 Å². The van der Waals surface area contributed by atoms with E-state index in [0.29, 0.717) is 48.1 Å². The summed E-state index contributed by atoms with van der Waals surface area (Å²) in [5.74, 6) is 0.926. The highest BCUT2D eigenvalue weighted by atomic mass is 79.9. The number of morpholine rings is 1. The summed E-state index contributed by atoms with van der Waals surface area (Å²) in [5.41, 5.74) is -0.120. The van der Waals surface area contributed by atoms with Crippen LogP contribution < -0.4 is 0 Å². The monoisotopic (exact) mass is 405 g/mol. The maximum atomic E-state index is 13.0. The molecule has 24 heavy (non-hydrogen) atoms. The molecule has 2 aromatic rings. The van der Waals surface area contributed by atoms with Gasteiger partial charge in [0.25, 0.3) is 0 Å². The van der Waals surface area contributed by atoms with Crippen LogP contribution in [0, 0.1) is 6.92 Å². The van der Waals surface area contributed by atoms with E-state index < -0.39 is 11.7 Å². The highest BCUT2D eigenvalue weighted by Gasteiger charge is 2.32. The standard InChI is InChI=1S/C15H15BrF3N3O2/c1-9-20-14(24-21-9)13-8-23-3-2-22(13)7-10-4-11(15(17,18)19)6-12(16)5-10/h4-6,13H,2-3,7-8H2,1H3/t13-/m0/s1. The molecule has 1 saturated heterocycles. The van der Waals surface area contributed by atoms with Gasteiger partial charge in [0.1, 0.15) is 6.04 Å². The highest BCUT2D eigenvalue weighted by Crippen LogP contribution is 2.33. The maximum absolute atomic E-state index is 13.0. The number of ether oxygens (including phenoxy) is 1. The quantitative estimate of drug-likeness (QED) is 0.778. The van der Waals surface area contributed by atoms with Crippen LogP contribution in [0.1, 0.15) is 28.9 Å². The van der Waals surface area contributed by atoms with Crippen molar-refractivity contribution in [2.24, 2.45) is 0 Å². The van der Waals surface area contributed by atoms with Crippen molar-refractivity contribution < 1.29 is 22.4 Å². The third kappa shape index (κ3) is 3.96. The molecule has 0 aliphatic carbocycles. The van der Waals surface area contributed by atoms with E-state index in [2.05, 4.69) is 26.1 Å². The van der Waals surface area contributed by atoms with Crippen molar-refractivity contribution in [3.63, 3.8) is 0 Å². The van der Waals surface area contributed by atoms with Gasteiger partial charge in [-0.05, 0) is 30.7 Å². The van der Waals surface area contributed by atoms with Gasteiger partial charge in [-0.1, -0.05) is 21.1 Å². The van der Waals surface area contributed by atoms with E-state index in [1.54, 1.807) is 13.0 Å². The van der Waals surface area contributed by atoms with E-state index in [1.165, 1.54) is 0 Å². The molecule has 2 heterocycles. The molecule has 0 unspecified atom stereocenters. The summed E-state index contributed by atoms with van der Waals surface area (Å²) in [6, 6.07) is 3.65. The van der Waals surface area contributed by atoms with Gasteiger partial charge in [0.2, 0.25) is 5.89 Å². The molecule has 1 fully saturated rings. The first-order chi connectivity index (χ1) is 11.3. The molecule has 1 aromatic heterocycles. The molecule has 0 amide bonds. The van der Waals surface area contributed by atoms with Gasteiger partial charge in [-0.3, -0.25) is 4.90 Å². The van der Waals surface area contributed by atoms with Crippen molar-refractivity contribution in [1.29, 1.82) is 0 Å². The number of hydrogen-bond donors (Lipinski definition) is 0. The minimum atomic E-state index is -4.38. The summed E-state index contributed by atoms with van der Waals surface area (Å²) in [5, 5.41) is 3.77. The predicted molar refractivity (Wildman–Crippen MR) is 82.1 cm³/mol. The number of aromatic nitrogens is 2. The number of rotatable bonds is 3. The smallest absolute Gasteiger partial charge is 0.378 e. The van der Waals surface area contributed by atoms with E-state index in [0.717, 1.165) is 12.1 Å². The average Bonchev–Trinajstić information content (AvgIpc) is 2.93. The Kier molecular flexibility index (Phi) is 4.93. The predicted octanol–water partition coefficient (Wildman–Crippen LogP) is 3.73. The Labute approximate surface area is 144 Å². The van der Waals surface area contributed by atoms with Crippen molar-refractivity contribution in [3.8, 4) is 0 Å². The summed E-state index contributed by atoms with van der Waals surface area (Å²) >= 11 is 3.15. The van der Waals surface area contributed by atoms with Crippen LogP contribution in [0.5, 0.6) is 0 Å². The highest BCUT2D eigenvalue weighted by molar-refractivity contribution is 9.10. The normalized spacial score (nSPS) is 19.6. The molecule has 1 aliphatic heterocycles. The molecule has 0 N–H and O–H groups in total. The molecular formula is C15H15BrF3N3O2. The van der Waals surface area contributed by atoms with Crippen LogP contribution in [-0.2, 0) is 17.5 Å². The third-order valence-corrected chi connectivity index (χ3v) is 4.20. The zero-order chi connectivity index (χ0) is 17.3. The van der Waals surface area contributed by atoms with Gasteiger partial charge in [0, 0.05) is 17.6 Å². The molecule has 0 bridgehead atoms. The second-order valence-corrected chi connectivity index (χ2v) is 6.50. The minimum absolute atomic E-state index is 0.270. The summed E-state index contributed by atoms with van der Waals surface area (Å²) in [6.45, 7) is 3.48. The van der Waals surface area contributed by atoms with Gasteiger partial charge >= 0.3 is 6.18 Å². The Morgan fingerprint density at radius 1 is 1.33 bits per heavy atom. The molecule has 0 saturated carbocycles. The first-order valence-corrected chi connectivity index (χ1v) is 8.11. The summed E-state index contributed by atoms with van der Waals surface area (Å²) in [4.78, 5) is 6.20. The van der Waals surface area contributed by atoms with Crippen LogP contribution in [-0.4, -0.2) is 34.8 Å². The second kappa shape index (κ2) is 6.81. The molecule has 1 atom stereocenters. The first-order valence-electron chi connectivity index (χ1n) is 7.31. The zero-order valence-electron chi connectivity index (χ0n) is 12.8. The van der Waals surface area contributed by atoms with Crippen LogP contribution in [0.15, 0.2) is 27.2 Å². The Hall–Kier alpha value is -1.45. The Morgan fingerprint density at radius 3 is 2.79 bits per heavy atom. The lowest BCUT2D eigenvalue weighted by molar-refractivity contribution is -0.137.